The van der Waals surface area contributed by atoms with Crippen molar-refractivity contribution in [1.82, 2.24) is 5.32 Å². The lowest BCUT2D eigenvalue weighted by Gasteiger charge is -2.30. The number of aliphatic hydroxyl groups is 1. The first kappa shape index (κ1) is 17.0. The third-order valence-corrected chi connectivity index (χ3v) is 3.19. The van der Waals surface area contributed by atoms with E-state index in [9.17, 15) is 9.90 Å². The number of hydrogen-bond donors (Lipinski definition) is 2. The predicted molar refractivity (Wildman–Crippen MR) is 82.7 cm³/mol. The predicted octanol–water partition coefficient (Wildman–Crippen LogP) is 3.27. The van der Waals surface area contributed by atoms with E-state index in [1.807, 2.05) is 24.3 Å². The average molecular weight is 344 g/mol. The van der Waals surface area contributed by atoms with Crippen LogP contribution in [0.15, 0.2) is 28.7 Å². The normalized spacial score (nSPS) is 14.5. The van der Waals surface area contributed by atoms with Crippen LogP contribution in [0.3, 0.4) is 0 Å². The van der Waals surface area contributed by atoms with Crippen LogP contribution in [0.25, 0.3) is 0 Å². The van der Waals surface area contributed by atoms with Gasteiger partial charge in [-0.2, -0.15) is 0 Å². The lowest BCUT2D eigenvalue weighted by Crippen LogP contribution is -2.52. The fourth-order valence-corrected chi connectivity index (χ4v) is 2.01. The van der Waals surface area contributed by atoms with Crippen LogP contribution in [0.2, 0.25) is 0 Å². The van der Waals surface area contributed by atoms with Crippen molar-refractivity contribution in [3.05, 3.63) is 34.3 Å². The number of benzene rings is 1. The van der Waals surface area contributed by atoms with Gasteiger partial charge in [-0.15, -0.1) is 0 Å². The standard InChI is InChI=1S/C15H22BrNO3/c1-14(2,3)20-13(19)17-15(4,10-18)9-11-5-7-12(16)8-6-11/h5-8,18H,9-10H2,1-4H3,(H,17,19). The fourth-order valence-electron chi connectivity index (χ4n) is 1.74. The Kier molecular flexibility index (Phi) is 5.59. The van der Waals surface area contributed by atoms with Gasteiger partial charge in [0.05, 0.1) is 12.1 Å². The van der Waals surface area contributed by atoms with Crippen molar-refractivity contribution < 1.29 is 14.6 Å². The molecule has 0 aromatic heterocycles. The van der Waals surface area contributed by atoms with E-state index >= 15 is 0 Å². The van der Waals surface area contributed by atoms with Crippen LogP contribution in [0.1, 0.15) is 33.3 Å². The maximum atomic E-state index is 11.8. The van der Waals surface area contributed by atoms with Gasteiger partial charge in [0, 0.05) is 4.47 Å². The number of nitrogens with one attached hydrogen (secondary N) is 1. The van der Waals surface area contributed by atoms with Crippen molar-refractivity contribution in [2.24, 2.45) is 0 Å². The lowest BCUT2D eigenvalue weighted by atomic mass is 9.94. The van der Waals surface area contributed by atoms with Crippen molar-refractivity contribution in [3.63, 3.8) is 0 Å². The largest absolute Gasteiger partial charge is 0.444 e. The molecule has 0 heterocycles. The number of amides is 1. The summed E-state index contributed by atoms with van der Waals surface area (Å²) in [6, 6.07) is 7.77. The Morgan fingerprint density at radius 3 is 2.25 bits per heavy atom. The van der Waals surface area contributed by atoms with Gasteiger partial charge in [0.1, 0.15) is 5.60 Å². The van der Waals surface area contributed by atoms with Crippen molar-refractivity contribution in [2.75, 3.05) is 6.61 Å². The molecule has 112 valence electrons. The molecule has 0 spiro atoms. The SMILES string of the molecule is CC(CO)(Cc1ccc(Br)cc1)NC(=O)OC(C)(C)C. The summed E-state index contributed by atoms with van der Waals surface area (Å²) in [5.74, 6) is 0. The summed E-state index contributed by atoms with van der Waals surface area (Å²) in [5.41, 5.74) is -0.283. The quantitative estimate of drug-likeness (QED) is 0.881. The van der Waals surface area contributed by atoms with E-state index in [4.69, 9.17) is 4.74 Å². The second-order valence-corrected chi connectivity index (χ2v) is 7.06. The lowest BCUT2D eigenvalue weighted by molar-refractivity contribution is 0.0415. The van der Waals surface area contributed by atoms with Gasteiger partial charge in [0.25, 0.3) is 0 Å². The fraction of sp³-hybridized carbons (Fsp3) is 0.533. The molecule has 1 aromatic rings. The van der Waals surface area contributed by atoms with E-state index in [0.29, 0.717) is 6.42 Å². The maximum Gasteiger partial charge on any atom is 0.408 e. The summed E-state index contributed by atoms with van der Waals surface area (Å²) in [6.45, 7) is 7.04. The molecule has 0 aliphatic carbocycles. The van der Waals surface area contributed by atoms with Gasteiger partial charge in [-0.25, -0.2) is 4.79 Å². The van der Waals surface area contributed by atoms with Crippen molar-refractivity contribution >= 4 is 22.0 Å². The van der Waals surface area contributed by atoms with Gasteiger partial charge in [0.15, 0.2) is 0 Å². The highest BCUT2D eigenvalue weighted by atomic mass is 79.9. The van der Waals surface area contributed by atoms with Crippen LogP contribution in [0.5, 0.6) is 0 Å². The number of rotatable bonds is 4. The number of halogens is 1. The van der Waals surface area contributed by atoms with Crippen LogP contribution in [0.4, 0.5) is 4.79 Å². The first-order valence-corrected chi connectivity index (χ1v) is 7.29. The van der Waals surface area contributed by atoms with E-state index in [-0.39, 0.29) is 6.61 Å². The summed E-state index contributed by atoms with van der Waals surface area (Å²) in [7, 11) is 0. The Morgan fingerprint density at radius 1 is 1.25 bits per heavy atom. The van der Waals surface area contributed by atoms with Crippen LogP contribution in [0, 0.1) is 0 Å². The van der Waals surface area contributed by atoms with E-state index < -0.39 is 17.2 Å². The summed E-state index contributed by atoms with van der Waals surface area (Å²) in [5, 5.41) is 12.3. The number of alkyl carbamates (subject to hydrolysis) is 1. The molecular formula is C15H22BrNO3. The molecule has 1 rings (SSSR count). The van der Waals surface area contributed by atoms with Crippen LogP contribution in [-0.2, 0) is 11.2 Å². The van der Waals surface area contributed by atoms with Gasteiger partial charge in [0.2, 0.25) is 0 Å². The van der Waals surface area contributed by atoms with Crippen molar-refractivity contribution in [1.29, 1.82) is 0 Å². The molecule has 2 N–H and O–H groups in total. The number of ether oxygens (including phenoxy) is 1. The number of hydrogen-bond acceptors (Lipinski definition) is 3. The third kappa shape index (κ3) is 5.92. The van der Waals surface area contributed by atoms with Crippen molar-refractivity contribution in [3.8, 4) is 0 Å². The topological polar surface area (TPSA) is 58.6 Å². The molecule has 0 saturated carbocycles. The summed E-state index contributed by atoms with van der Waals surface area (Å²) in [6.07, 6.45) is 0.00176. The molecule has 4 nitrogen and oxygen atoms in total. The van der Waals surface area contributed by atoms with Gasteiger partial charge in [-0.1, -0.05) is 28.1 Å². The van der Waals surface area contributed by atoms with Gasteiger partial charge < -0.3 is 15.2 Å². The zero-order valence-electron chi connectivity index (χ0n) is 12.4. The first-order chi connectivity index (χ1) is 9.13. The van der Waals surface area contributed by atoms with Crippen molar-refractivity contribution in [2.45, 2.75) is 45.3 Å². The highest BCUT2D eigenvalue weighted by molar-refractivity contribution is 9.10. The second-order valence-electron chi connectivity index (χ2n) is 6.15. The van der Waals surface area contributed by atoms with Gasteiger partial charge in [-0.3, -0.25) is 0 Å². The number of carbonyl (C=O) groups is 1. The monoisotopic (exact) mass is 343 g/mol. The summed E-state index contributed by atoms with van der Waals surface area (Å²) < 4.78 is 6.22. The van der Waals surface area contributed by atoms with Gasteiger partial charge >= 0.3 is 6.09 Å². The van der Waals surface area contributed by atoms with Crippen LogP contribution in [-0.4, -0.2) is 28.9 Å². The Hall–Kier alpha value is -1.07. The Balaban J connectivity index is 2.71. The van der Waals surface area contributed by atoms with Crippen LogP contribution < -0.4 is 5.32 Å². The van der Waals surface area contributed by atoms with E-state index in [0.717, 1.165) is 10.0 Å². The number of carbonyl (C=O) groups excluding carboxylic acids is 1. The first-order valence-electron chi connectivity index (χ1n) is 6.50. The maximum absolute atomic E-state index is 11.8. The number of aliphatic hydroxyl groups excluding tert-OH is 1. The summed E-state index contributed by atoms with van der Waals surface area (Å²) in [4.78, 5) is 11.8. The van der Waals surface area contributed by atoms with Gasteiger partial charge in [-0.05, 0) is 51.8 Å². The minimum atomic E-state index is -0.754. The average Bonchev–Trinajstić information content (AvgIpc) is 2.29. The highest BCUT2D eigenvalue weighted by Crippen LogP contribution is 2.17. The minimum Gasteiger partial charge on any atom is -0.444 e. The third-order valence-electron chi connectivity index (χ3n) is 2.66. The molecule has 0 fully saturated rings. The molecule has 1 atom stereocenters. The Morgan fingerprint density at radius 2 is 1.80 bits per heavy atom. The molecule has 0 radical (unpaired) electrons. The Bertz CT molecular complexity index is 453. The molecule has 1 aromatic carbocycles. The highest BCUT2D eigenvalue weighted by Gasteiger charge is 2.28. The molecule has 20 heavy (non-hydrogen) atoms. The molecule has 0 aliphatic rings. The zero-order valence-corrected chi connectivity index (χ0v) is 14.0. The molecule has 1 unspecified atom stereocenters. The second kappa shape index (κ2) is 6.59. The summed E-state index contributed by atoms with van der Waals surface area (Å²) >= 11 is 3.38. The van der Waals surface area contributed by atoms with E-state index in [2.05, 4.69) is 21.2 Å². The molecule has 1 amide bonds. The minimum absolute atomic E-state index is 0.164. The van der Waals surface area contributed by atoms with Crippen LogP contribution >= 0.6 is 15.9 Å². The van der Waals surface area contributed by atoms with E-state index in [1.54, 1.807) is 27.7 Å². The molecule has 0 saturated heterocycles. The Labute approximate surface area is 128 Å². The molecule has 5 heteroatoms. The van der Waals surface area contributed by atoms with E-state index in [1.165, 1.54) is 0 Å². The molecule has 0 aliphatic heterocycles. The zero-order chi connectivity index (χ0) is 15.4. The molecule has 0 bridgehead atoms. The smallest absolute Gasteiger partial charge is 0.408 e. The molecular weight excluding hydrogens is 322 g/mol.